The molecule has 1 aliphatic heterocycles. The molecular weight excluding hydrogens is 310 g/mol. The number of aromatic amines is 1. The minimum atomic E-state index is -0.435. The Morgan fingerprint density at radius 2 is 1.92 bits per heavy atom. The summed E-state index contributed by atoms with van der Waals surface area (Å²) in [7, 11) is 1.89. The zero-order valence-corrected chi connectivity index (χ0v) is 13.4. The van der Waals surface area contributed by atoms with Gasteiger partial charge in [0.1, 0.15) is 0 Å². The van der Waals surface area contributed by atoms with Crippen molar-refractivity contribution in [2.45, 2.75) is 0 Å². The van der Waals surface area contributed by atoms with Crippen molar-refractivity contribution >= 4 is 22.6 Å². The molecule has 126 valence electrons. The molecule has 0 saturated carbocycles. The molecule has 2 heterocycles. The van der Waals surface area contributed by atoms with Crippen LogP contribution in [-0.2, 0) is 4.79 Å². The molecule has 3 N–H and O–H groups in total. The fourth-order valence-corrected chi connectivity index (χ4v) is 2.97. The fourth-order valence-electron chi connectivity index (χ4n) is 2.97. The van der Waals surface area contributed by atoms with Crippen LogP contribution in [0.5, 0.6) is 0 Å². The number of hydrogen-bond acceptors (Lipinski definition) is 5. The van der Waals surface area contributed by atoms with E-state index in [0.29, 0.717) is 30.4 Å². The molecule has 1 aromatic heterocycles. The van der Waals surface area contributed by atoms with Gasteiger partial charge in [0.15, 0.2) is 5.69 Å². The molecule has 0 bridgehead atoms. The van der Waals surface area contributed by atoms with Crippen LogP contribution in [0.1, 0.15) is 10.5 Å². The number of primary amides is 1. The highest BCUT2D eigenvalue weighted by Gasteiger charge is 2.29. The number of hydrogen-bond donors (Lipinski definition) is 2. The second-order valence-electron chi connectivity index (χ2n) is 6.06. The van der Waals surface area contributed by atoms with Crippen molar-refractivity contribution in [3.63, 3.8) is 0 Å². The van der Waals surface area contributed by atoms with E-state index in [1.807, 2.05) is 11.9 Å². The molecule has 1 saturated heterocycles. The van der Waals surface area contributed by atoms with Crippen LogP contribution in [0.2, 0.25) is 0 Å². The summed E-state index contributed by atoms with van der Waals surface area (Å²) < 4.78 is 0. The predicted octanol–water partition coefficient (Wildman–Crippen LogP) is -0.588. The highest BCUT2D eigenvalue weighted by atomic mass is 16.2. The number of H-pyrrole nitrogens is 1. The minimum absolute atomic E-state index is 0.179. The first-order chi connectivity index (χ1) is 11.5. The monoisotopic (exact) mass is 329 g/mol. The summed E-state index contributed by atoms with van der Waals surface area (Å²) >= 11 is 0. The van der Waals surface area contributed by atoms with E-state index >= 15 is 0 Å². The number of rotatable bonds is 2. The summed E-state index contributed by atoms with van der Waals surface area (Å²) in [5.41, 5.74) is 5.28. The summed E-state index contributed by atoms with van der Waals surface area (Å²) in [6.45, 7) is 1.86. The van der Waals surface area contributed by atoms with E-state index in [1.54, 1.807) is 29.2 Å². The number of nitrogens with one attached hydrogen (secondary N) is 1. The Balaban J connectivity index is 1.98. The van der Waals surface area contributed by atoms with Gasteiger partial charge in [0.25, 0.3) is 11.5 Å². The number of fused-ring (bicyclic) bond motifs is 1. The van der Waals surface area contributed by atoms with Gasteiger partial charge in [-0.3, -0.25) is 14.4 Å². The standard InChI is InChI=1S/C16H19N5O3/c1-20-6-7-21(9-10(8-20)14(17)22)16(24)13-11-4-2-3-5-12(11)15(23)19-18-13/h2-5,10H,6-9H2,1H3,(H2,17,22)(H,19,23)/t10-/m1/s1. The van der Waals surface area contributed by atoms with E-state index in [0.717, 1.165) is 0 Å². The lowest BCUT2D eigenvalue weighted by Crippen LogP contribution is -2.40. The highest BCUT2D eigenvalue weighted by Crippen LogP contribution is 2.17. The van der Waals surface area contributed by atoms with Crippen LogP contribution in [0, 0.1) is 5.92 Å². The maximum atomic E-state index is 12.9. The van der Waals surface area contributed by atoms with Gasteiger partial charge >= 0.3 is 0 Å². The van der Waals surface area contributed by atoms with Crippen LogP contribution in [0.4, 0.5) is 0 Å². The number of benzene rings is 1. The molecular formula is C16H19N5O3. The Kier molecular flexibility index (Phi) is 4.30. The Bertz CT molecular complexity index is 847. The zero-order valence-electron chi connectivity index (χ0n) is 13.4. The van der Waals surface area contributed by atoms with E-state index in [2.05, 4.69) is 10.2 Å². The summed E-state index contributed by atoms with van der Waals surface area (Å²) in [6, 6.07) is 6.83. The maximum absolute atomic E-state index is 12.9. The molecule has 8 heteroatoms. The van der Waals surface area contributed by atoms with Crippen molar-refractivity contribution < 1.29 is 9.59 Å². The van der Waals surface area contributed by atoms with Gasteiger partial charge in [-0.05, 0) is 13.1 Å². The molecule has 1 fully saturated rings. The van der Waals surface area contributed by atoms with Crippen LogP contribution in [0.15, 0.2) is 29.1 Å². The SMILES string of the molecule is CN1CCN(C(=O)c2n[nH]c(=O)c3ccccc23)C[C@H](C(N)=O)C1. The van der Waals surface area contributed by atoms with Crippen molar-refractivity contribution in [1.82, 2.24) is 20.0 Å². The first kappa shape index (κ1) is 16.1. The molecule has 0 aliphatic carbocycles. The number of nitrogens with two attached hydrogens (primary N) is 1. The first-order valence-electron chi connectivity index (χ1n) is 7.72. The molecule has 3 rings (SSSR count). The summed E-state index contributed by atoms with van der Waals surface area (Å²) in [5, 5.41) is 7.22. The number of nitrogens with zero attached hydrogens (tertiary/aromatic N) is 3. The van der Waals surface area contributed by atoms with E-state index in [4.69, 9.17) is 5.73 Å². The Hall–Kier alpha value is -2.74. The predicted molar refractivity (Wildman–Crippen MR) is 88.4 cm³/mol. The molecule has 0 unspecified atom stereocenters. The van der Waals surface area contributed by atoms with Gasteiger partial charge in [-0.25, -0.2) is 5.10 Å². The molecule has 1 aromatic carbocycles. The van der Waals surface area contributed by atoms with Crippen LogP contribution < -0.4 is 11.3 Å². The van der Waals surface area contributed by atoms with Gasteiger partial charge in [0.2, 0.25) is 5.91 Å². The van der Waals surface area contributed by atoms with E-state index < -0.39 is 11.8 Å². The second kappa shape index (κ2) is 6.40. The van der Waals surface area contributed by atoms with Crippen molar-refractivity contribution in [1.29, 1.82) is 0 Å². The van der Waals surface area contributed by atoms with E-state index in [-0.39, 0.29) is 23.7 Å². The first-order valence-corrected chi connectivity index (χ1v) is 7.72. The number of carbonyl (C=O) groups excluding carboxylic acids is 2. The third-order valence-corrected chi connectivity index (χ3v) is 4.31. The number of likely N-dealkylation sites (N-methyl/N-ethyl adjacent to an activating group) is 1. The van der Waals surface area contributed by atoms with E-state index in [9.17, 15) is 14.4 Å². The molecule has 8 nitrogen and oxygen atoms in total. The van der Waals surface area contributed by atoms with Crippen LogP contribution in [-0.4, -0.2) is 65.0 Å². The Morgan fingerprint density at radius 3 is 2.62 bits per heavy atom. The topological polar surface area (TPSA) is 112 Å². The Morgan fingerprint density at radius 1 is 1.21 bits per heavy atom. The lowest BCUT2D eigenvalue weighted by atomic mass is 10.1. The lowest BCUT2D eigenvalue weighted by Gasteiger charge is -2.22. The summed E-state index contributed by atoms with van der Waals surface area (Å²) in [6.07, 6.45) is 0. The Labute approximate surface area is 138 Å². The van der Waals surface area contributed by atoms with Crippen LogP contribution >= 0.6 is 0 Å². The van der Waals surface area contributed by atoms with Gasteiger partial charge in [-0.1, -0.05) is 18.2 Å². The number of carbonyl (C=O) groups is 2. The van der Waals surface area contributed by atoms with Gasteiger partial charge < -0.3 is 15.5 Å². The molecule has 0 radical (unpaired) electrons. The fraction of sp³-hybridized carbons (Fsp3) is 0.375. The largest absolute Gasteiger partial charge is 0.369 e. The van der Waals surface area contributed by atoms with Gasteiger partial charge in [0.05, 0.1) is 11.3 Å². The lowest BCUT2D eigenvalue weighted by molar-refractivity contribution is -0.122. The molecule has 2 amide bonds. The third-order valence-electron chi connectivity index (χ3n) is 4.31. The smallest absolute Gasteiger partial charge is 0.275 e. The van der Waals surface area contributed by atoms with Crippen molar-refractivity contribution in [3.05, 3.63) is 40.3 Å². The quantitative estimate of drug-likeness (QED) is 0.765. The van der Waals surface area contributed by atoms with Gasteiger partial charge in [-0.2, -0.15) is 5.10 Å². The summed E-state index contributed by atoms with van der Waals surface area (Å²) in [5.74, 6) is -1.18. The van der Waals surface area contributed by atoms with Crippen LogP contribution in [0.25, 0.3) is 10.8 Å². The van der Waals surface area contributed by atoms with Crippen molar-refractivity contribution in [2.24, 2.45) is 11.7 Å². The van der Waals surface area contributed by atoms with Gasteiger partial charge in [-0.15, -0.1) is 0 Å². The molecule has 0 spiro atoms. The zero-order chi connectivity index (χ0) is 17.3. The minimum Gasteiger partial charge on any atom is -0.369 e. The third kappa shape index (κ3) is 3.00. The summed E-state index contributed by atoms with van der Waals surface area (Å²) in [4.78, 5) is 39.9. The van der Waals surface area contributed by atoms with E-state index in [1.165, 1.54) is 0 Å². The highest BCUT2D eigenvalue weighted by molar-refractivity contribution is 6.04. The molecule has 1 atom stereocenters. The van der Waals surface area contributed by atoms with Gasteiger partial charge in [0, 0.05) is 31.6 Å². The van der Waals surface area contributed by atoms with Crippen LogP contribution in [0.3, 0.4) is 0 Å². The molecule has 2 aromatic rings. The average Bonchev–Trinajstić information content (AvgIpc) is 2.77. The molecule has 1 aliphatic rings. The average molecular weight is 329 g/mol. The van der Waals surface area contributed by atoms with Crippen molar-refractivity contribution in [2.75, 3.05) is 33.2 Å². The second-order valence-corrected chi connectivity index (χ2v) is 6.06. The molecule has 24 heavy (non-hydrogen) atoms. The maximum Gasteiger partial charge on any atom is 0.275 e. The normalized spacial score (nSPS) is 19.2. The number of aromatic nitrogens is 2. The number of amides is 2. The van der Waals surface area contributed by atoms with Crippen molar-refractivity contribution in [3.8, 4) is 0 Å².